The molecule has 1 aromatic carbocycles. The van der Waals surface area contributed by atoms with Crippen molar-refractivity contribution in [2.75, 3.05) is 18.4 Å². The molecule has 0 bridgehead atoms. The van der Waals surface area contributed by atoms with Gasteiger partial charge in [-0.3, -0.25) is 0 Å². The summed E-state index contributed by atoms with van der Waals surface area (Å²) in [6.07, 6.45) is 2.10. The number of aromatic nitrogens is 4. The minimum Gasteiger partial charge on any atom is -0.375 e. The van der Waals surface area contributed by atoms with Crippen molar-refractivity contribution in [2.45, 2.75) is 19.0 Å². The van der Waals surface area contributed by atoms with Crippen LogP contribution in [0, 0.1) is 34.1 Å². The largest absolute Gasteiger partial charge is 0.375 e. The van der Waals surface area contributed by atoms with Crippen LogP contribution in [0.4, 0.5) is 11.4 Å². The number of aliphatic imine (C=N–C) groups is 1. The summed E-state index contributed by atoms with van der Waals surface area (Å²) in [4.78, 5) is 18.2. The number of nitrogens with one attached hydrogen (secondary N) is 2. The van der Waals surface area contributed by atoms with Gasteiger partial charge in [0.05, 0.1) is 30.0 Å². The molecule has 11 heteroatoms. The van der Waals surface area contributed by atoms with Gasteiger partial charge >= 0.3 is 0 Å². The van der Waals surface area contributed by atoms with Crippen LogP contribution in [0.15, 0.2) is 4.99 Å². The molecule has 3 aromatic rings. The lowest BCUT2D eigenvalue weighted by molar-refractivity contribution is 0.731. The Kier molecular flexibility index (Phi) is 3.49. The number of imidazole rings is 1. The van der Waals surface area contributed by atoms with Crippen molar-refractivity contribution in [2.24, 2.45) is 10.7 Å². The van der Waals surface area contributed by atoms with Gasteiger partial charge in [-0.1, -0.05) is 0 Å². The maximum Gasteiger partial charge on any atom is 0.190 e. The minimum absolute atomic E-state index is 0.0326. The van der Waals surface area contributed by atoms with Crippen molar-refractivity contribution in [3.8, 4) is 18.3 Å². The maximum absolute atomic E-state index is 9.78. The second-order valence-electron chi connectivity index (χ2n) is 6.87. The number of anilines is 1. The molecule has 140 valence electrons. The Morgan fingerprint density at radius 2 is 1.93 bits per heavy atom. The van der Waals surface area contributed by atoms with Crippen LogP contribution in [-0.4, -0.2) is 38.3 Å². The molecule has 0 radical (unpaired) electrons. The second kappa shape index (κ2) is 5.94. The van der Waals surface area contributed by atoms with Gasteiger partial charge in [-0.25, -0.2) is 24.5 Å². The average molecular weight is 383 g/mol. The zero-order valence-corrected chi connectivity index (χ0v) is 15.2. The summed E-state index contributed by atoms with van der Waals surface area (Å²) >= 11 is 0. The molecule has 4 heterocycles. The van der Waals surface area contributed by atoms with Crippen LogP contribution in [0.5, 0.6) is 0 Å². The van der Waals surface area contributed by atoms with E-state index in [1.807, 2.05) is 6.07 Å². The number of nitriles is 3. The molecule has 2 unspecified atom stereocenters. The summed E-state index contributed by atoms with van der Waals surface area (Å²) in [7, 11) is 0. The SMILES string of the molecule is CC(N)c1nc2c3nc(C4CN4)c(C#N)nc3c3c(c2n1C#N)N=C(C#N)CN3. The molecule has 11 nitrogen and oxygen atoms in total. The number of benzene rings is 1. The Bertz CT molecular complexity index is 1370. The highest BCUT2D eigenvalue weighted by molar-refractivity contribution is 6.19. The molecule has 0 spiro atoms. The smallest absolute Gasteiger partial charge is 0.190 e. The Labute approximate surface area is 164 Å². The highest BCUT2D eigenvalue weighted by Gasteiger charge is 2.32. The third kappa shape index (κ3) is 2.34. The van der Waals surface area contributed by atoms with Gasteiger partial charge in [0.2, 0.25) is 0 Å². The monoisotopic (exact) mass is 383 g/mol. The predicted molar refractivity (Wildman–Crippen MR) is 103 cm³/mol. The van der Waals surface area contributed by atoms with Gasteiger partial charge in [-0.2, -0.15) is 15.8 Å². The molecule has 1 saturated heterocycles. The molecule has 5 rings (SSSR count). The van der Waals surface area contributed by atoms with Crippen LogP contribution in [0.3, 0.4) is 0 Å². The fourth-order valence-electron chi connectivity index (χ4n) is 3.51. The number of nitrogens with two attached hydrogens (primary N) is 1. The lowest BCUT2D eigenvalue weighted by Gasteiger charge is -2.18. The summed E-state index contributed by atoms with van der Waals surface area (Å²) in [5.74, 6) is 0.355. The van der Waals surface area contributed by atoms with Crippen LogP contribution in [0.2, 0.25) is 0 Å². The van der Waals surface area contributed by atoms with E-state index >= 15 is 0 Å². The number of nitrogens with zero attached hydrogens (tertiary/aromatic N) is 8. The summed E-state index contributed by atoms with van der Waals surface area (Å²) in [6.45, 7) is 2.65. The molecular weight excluding hydrogens is 370 g/mol. The Hall–Kier alpha value is -4.11. The number of hydrogen-bond donors (Lipinski definition) is 3. The van der Waals surface area contributed by atoms with Crippen molar-refractivity contribution in [1.29, 1.82) is 15.8 Å². The van der Waals surface area contributed by atoms with E-state index in [-0.39, 0.29) is 24.0 Å². The summed E-state index contributed by atoms with van der Waals surface area (Å²) in [6, 6.07) is 3.59. The number of hydrogen-bond acceptors (Lipinski definition) is 10. The van der Waals surface area contributed by atoms with E-state index in [4.69, 9.17) is 10.7 Å². The van der Waals surface area contributed by atoms with Crippen molar-refractivity contribution < 1.29 is 0 Å². The Balaban J connectivity index is 2.01. The van der Waals surface area contributed by atoms with Gasteiger partial charge in [0.15, 0.2) is 11.9 Å². The first-order valence-electron chi connectivity index (χ1n) is 8.88. The van der Waals surface area contributed by atoms with Gasteiger partial charge in [0.25, 0.3) is 0 Å². The predicted octanol–water partition coefficient (Wildman–Crippen LogP) is 0.866. The molecule has 2 aliphatic heterocycles. The van der Waals surface area contributed by atoms with E-state index in [2.05, 4.69) is 37.9 Å². The molecule has 0 saturated carbocycles. The molecule has 2 aromatic heterocycles. The van der Waals surface area contributed by atoms with Crippen LogP contribution in [-0.2, 0) is 0 Å². The lowest BCUT2D eigenvalue weighted by Crippen LogP contribution is -2.17. The number of fused-ring (bicyclic) bond motifs is 6. The summed E-state index contributed by atoms with van der Waals surface area (Å²) < 4.78 is 1.32. The fourth-order valence-corrected chi connectivity index (χ4v) is 3.51. The Morgan fingerprint density at radius 1 is 1.14 bits per heavy atom. The first-order chi connectivity index (χ1) is 14.1. The van der Waals surface area contributed by atoms with Crippen molar-refractivity contribution >= 4 is 39.2 Å². The molecule has 2 aliphatic rings. The normalized spacial score (nSPS) is 18.2. The first-order valence-corrected chi connectivity index (χ1v) is 8.88. The Morgan fingerprint density at radius 3 is 2.55 bits per heavy atom. The fraction of sp³-hybridized carbons (Fsp3) is 0.278. The molecule has 1 fully saturated rings. The van der Waals surface area contributed by atoms with Gasteiger partial charge in [0.1, 0.15) is 51.4 Å². The number of rotatable bonds is 2. The van der Waals surface area contributed by atoms with Gasteiger partial charge < -0.3 is 16.4 Å². The molecule has 0 aliphatic carbocycles. The zero-order chi connectivity index (χ0) is 20.3. The minimum atomic E-state index is -0.514. The third-order valence-corrected chi connectivity index (χ3v) is 4.91. The summed E-state index contributed by atoms with van der Waals surface area (Å²) in [5.41, 5.74) is 9.65. The zero-order valence-electron chi connectivity index (χ0n) is 15.2. The highest BCUT2D eigenvalue weighted by Crippen LogP contribution is 2.43. The van der Waals surface area contributed by atoms with Gasteiger partial charge in [-0.15, -0.1) is 0 Å². The van der Waals surface area contributed by atoms with Crippen LogP contribution in [0.1, 0.15) is 36.2 Å². The molecular formula is C18H13N11. The maximum atomic E-state index is 9.78. The first kappa shape index (κ1) is 17.0. The van der Waals surface area contributed by atoms with Gasteiger partial charge in [0, 0.05) is 6.54 Å². The lowest BCUT2D eigenvalue weighted by atomic mass is 10.1. The van der Waals surface area contributed by atoms with Crippen molar-refractivity contribution in [3.63, 3.8) is 0 Å². The summed E-state index contributed by atoms with van der Waals surface area (Å²) in [5, 5.41) is 34.9. The molecule has 29 heavy (non-hydrogen) atoms. The van der Waals surface area contributed by atoms with E-state index in [1.54, 1.807) is 6.92 Å². The van der Waals surface area contributed by atoms with Gasteiger partial charge in [-0.05, 0) is 6.92 Å². The van der Waals surface area contributed by atoms with E-state index in [0.29, 0.717) is 45.0 Å². The molecule has 0 amide bonds. The van der Waals surface area contributed by atoms with E-state index in [1.165, 1.54) is 4.57 Å². The standard InChI is InChI=1S/C18H13N11/c1-7(22)18-28-16-14-13(26-9(3-20)11(27-14)10-5-23-10)12-15(17(16)29(18)6-21)25-8(2-19)4-24-12/h7,10,23-24H,4-5,22H2,1H3. The molecule has 4 N–H and O–H groups in total. The second-order valence-corrected chi connectivity index (χ2v) is 6.87. The van der Waals surface area contributed by atoms with Crippen LogP contribution in [0.25, 0.3) is 22.1 Å². The quantitative estimate of drug-likeness (QED) is 0.539. The van der Waals surface area contributed by atoms with E-state index < -0.39 is 6.04 Å². The van der Waals surface area contributed by atoms with Crippen molar-refractivity contribution in [3.05, 3.63) is 17.2 Å². The highest BCUT2D eigenvalue weighted by atomic mass is 15.1. The topological polar surface area (TPSA) is 187 Å². The van der Waals surface area contributed by atoms with E-state index in [9.17, 15) is 15.8 Å². The van der Waals surface area contributed by atoms with E-state index in [0.717, 1.165) is 6.54 Å². The average Bonchev–Trinajstić information content (AvgIpc) is 3.51. The molecule has 2 atom stereocenters. The van der Waals surface area contributed by atoms with Crippen molar-refractivity contribution in [1.82, 2.24) is 24.8 Å². The third-order valence-electron chi connectivity index (χ3n) is 4.91. The van der Waals surface area contributed by atoms with Crippen LogP contribution < -0.4 is 16.4 Å². The van der Waals surface area contributed by atoms with Crippen LogP contribution >= 0.6 is 0 Å².